The van der Waals surface area contributed by atoms with Gasteiger partial charge in [-0.3, -0.25) is 14.4 Å². The smallest absolute Gasteiger partial charge is 0.227 e. The Labute approximate surface area is 252 Å². The minimum Gasteiger partial charge on any atom is -0.369 e. The molecule has 5 fully saturated rings. The number of amides is 3. The Morgan fingerprint density at radius 3 is 2.17 bits per heavy atom. The van der Waals surface area contributed by atoms with Gasteiger partial charge in [-0.15, -0.1) is 0 Å². The molecular formula is C34H53FN4O3. The molecule has 7 nitrogen and oxygen atoms in total. The Morgan fingerprint density at radius 1 is 1.00 bits per heavy atom. The van der Waals surface area contributed by atoms with Gasteiger partial charge in [0.1, 0.15) is 5.82 Å². The van der Waals surface area contributed by atoms with Gasteiger partial charge in [0, 0.05) is 37.6 Å². The van der Waals surface area contributed by atoms with Crippen molar-refractivity contribution in [2.75, 3.05) is 26.7 Å². The molecule has 1 aromatic rings. The molecule has 2 aliphatic carbocycles. The molecule has 3 aliphatic heterocycles. The third kappa shape index (κ3) is 8.12. The van der Waals surface area contributed by atoms with Crippen LogP contribution in [0.5, 0.6) is 0 Å². The number of nitrogens with one attached hydrogen (secondary N) is 1. The number of likely N-dealkylation sites (tertiary alicyclic amines) is 1. The monoisotopic (exact) mass is 584 g/mol. The number of carbonyl (C=O) groups is 3. The van der Waals surface area contributed by atoms with E-state index in [1.807, 2.05) is 25.7 Å². The maximum atomic E-state index is 13.4. The average molecular weight is 585 g/mol. The maximum absolute atomic E-state index is 13.4. The molecule has 42 heavy (non-hydrogen) atoms. The van der Waals surface area contributed by atoms with Crippen LogP contribution in [0.1, 0.15) is 97.0 Å². The van der Waals surface area contributed by atoms with Crippen LogP contribution in [0.2, 0.25) is 0 Å². The number of carbonyl (C=O) groups excluding carboxylic acids is 3. The van der Waals surface area contributed by atoms with Crippen LogP contribution in [0, 0.1) is 29.0 Å². The van der Waals surface area contributed by atoms with Crippen molar-refractivity contribution in [2.24, 2.45) is 28.9 Å². The van der Waals surface area contributed by atoms with E-state index in [0.717, 1.165) is 56.6 Å². The highest BCUT2D eigenvalue weighted by molar-refractivity contribution is 5.84. The summed E-state index contributed by atoms with van der Waals surface area (Å²) >= 11 is 0. The zero-order chi connectivity index (χ0) is 30.5. The van der Waals surface area contributed by atoms with Crippen LogP contribution in [0.4, 0.5) is 4.39 Å². The number of nitrogens with zero attached hydrogens (tertiary/aromatic N) is 2. The molecule has 3 unspecified atom stereocenters. The van der Waals surface area contributed by atoms with Gasteiger partial charge in [0.25, 0.3) is 0 Å². The van der Waals surface area contributed by atoms with Crippen molar-refractivity contribution in [3.05, 3.63) is 35.6 Å². The van der Waals surface area contributed by atoms with Crippen LogP contribution in [0.3, 0.4) is 0 Å². The van der Waals surface area contributed by atoms with Crippen molar-refractivity contribution in [1.29, 1.82) is 0 Å². The fourth-order valence-corrected chi connectivity index (χ4v) is 7.94. The molecule has 3 heterocycles. The van der Waals surface area contributed by atoms with Crippen molar-refractivity contribution in [3.63, 3.8) is 0 Å². The first-order valence-corrected chi connectivity index (χ1v) is 16.2. The fourth-order valence-electron chi connectivity index (χ4n) is 7.94. The highest BCUT2D eigenvalue weighted by atomic mass is 19.1. The Morgan fingerprint density at radius 2 is 1.64 bits per heavy atom. The van der Waals surface area contributed by atoms with E-state index in [-0.39, 0.29) is 40.4 Å². The molecule has 1 aromatic carbocycles. The van der Waals surface area contributed by atoms with E-state index in [4.69, 9.17) is 5.73 Å². The normalized spacial score (nSPS) is 26.2. The molecule has 3 atom stereocenters. The van der Waals surface area contributed by atoms with Gasteiger partial charge < -0.3 is 20.9 Å². The molecule has 3 saturated heterocycles. The summed E-state index contributed by atoms with van der Waals surface area (Å²) in [6.07, 6.45) is 11.9. The second kappa shape index (κ2) is 13.9. The first-order valence-electron chi connectivity index (χ1n) is 16.2. The Hall–Kier alpha value is -2.48. The molecule has 5 aliphatic rings. The topological polar surface area (TPSA) is 95.7 Å². The number of hydrogen-bond acceptors (Lipinski definition) is 4. The van der Waals surface area contributed by atoms with Crippen molar-refractivity contribution < 1.29 is 18.8 Å². The summed E-state index contributed by atoms with van der Waals surface area (Å²) in [7, 11) is 2.10. The molecule has 0 spiro atoms. The van der Waals surface area contributed by atoms with E-state index in [9.17, 15) is 18.8 Å². The number of hydrogen-bond donors (Lipinski definition) is 2. The predicted octanol–water partition coefficient (Wildman–Crippen LogP) is 5.06. The van der Waals surface area contributed by atoms with Crippen LogP contribution >= 0.6 is 0 Å². The zero-order valence-electron chi connectivity index (χ0n) is 26.3. The molecule has 3 amide bonds. The van der Waals surface area contributed by atoms with E-state index in [1.54, 1.807) is 12.1 Å². The Bertz CT molecular complexity index is 1070. The van der Waals surface area contributed by atoms with Crippen LogP contribution in [0.15, 0.2) is 24.3 Å². The van der Waals surface area contributed by atoms with Crippen LogP contribution in [-0.4, -0.2) is 65.8 Å². The van der Waals surface area contributed by atoms with E-state index in [0.29, 0.717) is 37.9 Å². The largest absolute Gasteiger partial charge is 0.369 e. The summed E-state index contributed by atoms with van der Waals surface area (Å²) in [4.78, 5) is 41.5. The standard InChI is InChI=1S/C25H37FN2O2.C9H16N2O/c1-24(2,3)27-23(30)25(20-7-5-4-6-8-20)15-17-28(18-16-25)22(29)14-11-19-9-12-21(26)13-10-19;1-11-5-6-2-3-8(11)7(4-6)9(10)12/h9-10,12-13,20H,4-8,11,14-18H2,1-3H3,(H,27,30);6-8H,2-5H2,1H3,(H2,10,12). The zero-order valence-corrected chi connectivity index (χ0v) is 26.3. The fraction of sp³-hybridized carbons (Fsp3) is 0.735. The van der Waals surface area contributed by atoms with Gasteiger partial charge in [-0.2, -0.15) is 0 Å². The summed E-state index contributed by atoms with van der Waals surface area (Å²) in [6, 6.07) is 6.79. The van der Waals surface area contributed by atoms with Crippen LogP contribution in [-0.2, 0) is 20.8 Å². The molecule has 6 rings (SSSR count). The molecule has 234 valence electrons. The quantitative estimate of drug-likeness (QED) is 0.489. The van der Waals surface area contributed by atoms with Gasteiger partial charge in [-0.05, 0) is 109 Å². The SMILES string of the molecule is CC(C)(C)NC(=O)C1(C2CCCCC2)CCN(C(=O)CCc2ccc(F)cc2)CC1.CN1CC2CCC1C(C(N)=O)C2. The predicted molar refractivity (Wildman–Crippen MR) is 164 cm³/mol. The lowest BCUT2D eigenvalue weighted by Gasteiger charge is -2.47. The number of fused-ring (bicyclic) bond motifs is 3. The molecule has 0 aromatic heterocycles. The van der Waals surface area contributed by atoms with E-state index in [1.165, 1.54) is 37.8 Å². The second-order valence-corrected chi connectivity index (χ2v) is 14.4. The molecule has 2 saturated carbocycles. The van der Waals surface area contributed by atoms with Crippen LogP contribution in [0.25, 0.3) is 0 Å². The summed E-state index contributed by atoms with van der Waals surface area (Å²) < 4.78 is 13.1. The van der Waals surface area contributed by atoms with Gasteiger partial charge in [-0.1, -0.05) is 31.4 Å². The van der Waals surface area contributed by atoms with E-state index in [2.05, 4.69) is 17.3 Å². The number of aryl methyl sites for hydroxylation is 1. The number of primary amides is 1. The van der Waals surface area contributed by atoms with Crippen LogP contribution < -0.4 is 11.1 Å². The number of benzene rings is 1. The van der Waals surface area contributed by atoms with Crippen molar-refractivity contribution >= 4 is 17.7 Å². The highest BCUT2D eigenvalue weighted by Gasteiger charge is 2.48. The Balaban J connectivity index is 0.000000279. The first-order chi connectivity index (χ1) is 19.9. The van der Waals surface area contributed by atoms with Gasteiger partial charge in [0.05, 0.1) is 11.3 Å². The van der Waals surface area contributed by atoms with E-state index >= 15 is 0 Å². The first kappa shape index (κ1) is 32.4. The molecule has 8 heteroatoms. The Kier molecular flexibility index (Phi) is 10.7. The lowest BCUT2D eigenvalue weighted by molar-refractivity contribution is -0.146. The molecular weight excluding hydrogens is 531 g/mol. The number of halogens is 1. The number of piperidine rings is 3. The molecule has 3 N–H and O–H groups in total. The van der Waals surface area contributed by atoms with E-state index < -0.39 is 0 Å². The third-order valence-electron chi connectivity index (χ3n) is 10.3. The third-order valence-corrected chi connectivity index (χ3v) is 10.3. The van der Waals surface area contributed by atoms with Crippen molar-refractivity contribution in [1.82, 2.24) is 15.1 Å². The average Bonchev–Trinajstić information content (AvgIpc) is 2.96. The minimum absolute atomic E-state index is 0.101. The summed E-state index contributed by atoms with van der Waals surface area (Å²) in [5.74, 6) is 1.23. The van der Waals surface area contributed by atoms with Gasteiger partial charge in [0.2, 0.25) is 17.7 Å². The van der Waals surface area contributed by atoms with Gasteiger partial charge in [0.15, 0.2) is 0 Å². The van der Waals surface area contributed by atoms with Gasteiger partial charge in [-0.25, -0.2) is 4.39 Å². The van der Waals surface area contributed by atoms with Crippen molar-refractivity contribution in [2.45, 2.75) is 109 Å². The van der Waals surface area contributed by atoms with Crippen molar-refractivity contribution in [3.8, 4) is 0 Å². The number of rotatable bonds is 6. The summed E-state index contributed by atoms with van der Waals surface area (Å²) in [5, 5.41) is 3.25. The highest BCUT2D eigenvalue weighted by Crippen LogP contribution is 2.46. The minimum atomic E-state index is -0.346. The summed E-state index contributed by atoms with van der Waals surface area (Å²) in [6.45, 7) is 8.57. The van der Waals surface area contributed by atoms with Gasteiger partial charge >= 0.3 is 0 Å². The molecule has 0 radical (unpaired) electrons. The maximum Gasteiger partial charge on any atom is 0.227 e. The molecule has 2 bridgehead atoms. The lowest BCUT2D eigenvalue weighted by atomic mass is 9.63. The number of nitrogens with two attached hydrogens (primary N) is 1. The second-order valence-electron chi connectivity index (χ2n) is 14.4. The lowest BCUT2D eigenvalue weighted by Crippen LogP contribution is -2.57. The summed E-state index contributed by atoms with van der Waals surface area (Å²) in [5.41, 5.74) is 5.73.